The first kappa shape index (κ1) is 27.0. The average molecular weight is 560 g/mol. The molecule has 0 fully saturated rings. The lowest BCUT2D eigenvalue weighted by molar-refractivity contribution is 0.0683. The first-order valence-electron chi connectivity index (χ1n) is 13.8. The summed E-state index contributed by atoms with van der Waals surface area (Å²) in [6.45, 7) is 3.36. The van der Waals surface area contributed by atoms with Gasteiger partial charge in [0.2, 0.25) is 0 Å². The molecule has 0 atom stereocenters. The van der Waals surface area contributed by atoms with Crippen LogP contribution in [0.2, 0.25) is 0 Å². The van der Waals surface area contributed by atoms with E-state index in [1.54, 1.807) is 33.5 Å². The number of aromatic carboxylic acids is 1. The molecular weight excluding hydrogens is 528 g/mol. The van der Waals surface area contributed by atoms with Crippen molar-refractivity contribution in [2.75, 3.05) is 13.2 Å². The van der Waals surface area contributed by atoms with E-state index in [-0.39, 0.29) is 18.1 Å². The summed E-state index contributed by atoms with van der Waals surface area (Å²) in [5.74, 6) is -1.22. The fourth-order valence-electron chi connectivity index (χ4n) is 6.08. The number of carbonyl (C=O) groups is 1. The molecule has 0 unspecified atom stereocenters. The van der Waals surface area contributed by atoms with Crippen LogP contribution in [0.3, 0.4) is 0 Å². The lowest BCUT2D eigenvalue weighted by atomic mass is 9.97. The molecule has 0 amide bonds. The number of aryl methyl sites for hydroxylation is 4. The van der Waals surface area contributed by atoms with Crippen LogP contribution in [0.5, 0.6) is 5.75 Å². The van der Waals surface area contributed by atoms with E-state index in [1.807, 2.05) is 26.1 Å². The van der Waals surface area contributed by atoms with Gasteiger partial charge in [-0.15, -0.1) is 0 Å². The van der Waals surface area contributed by atoms with E-state index < -0.39 is 11.8 Å². The molecule has 3 heterocycles. The molecule has 0 saturated heterocycles. The number of benzene rings is 3. The van der Waals surface area contributed by atoms with Crippen LogP contribution in [-0.2, 0) is 31.4 Å². The number of fused-ring (bicyclic) bond motifs is 3. The van der Waals surface area contributed by atoms with E-state index >= 15 is 4.39 Å². The molecule has 0 saturated carbocycles. The first-order chi connectivity index (χ1) is 19.9. The summed E-state index contributed by atoms with van der Waals surface area (Å²) in [6, 6.07) is 13.2. The van der Waals surface area contributed by atoms with Gasteiger partial charge in [0, 0.05) is 47.5 Å². The number of nitrogens with zero attached hydrogens (tertiary/aromatic N) is 3. The number of carboxylic acids is 1. The number of hydrogen-bond acceptors (Lipinski definition) is 4. The second-order valence-corrected chi connectivity index (χ2v) is 10.4. The highest BCUT2D eigenvalue weighted by Crippen LogP contribution is 2.40. The van der Waals surface area contributed by atoms with Gasteiger partial charge in [0.1, 0.15) is 23.1 Å². The van der Waals surface area contributed by atoms with E-state index in [2.05, 4.69) is 5.10 Å². The number of halogens is 2. The second-order valence-electron chi connectivity index (χ2n) is 10.4. The summed E-state index contributed by atoms with van der Waals surface area (Å²) < 4.78 is 45.4. The summed E-state index contributed by atoms with van der Waals surface area (Å²) in [7, 11) is 1.81. The Labute approximate surface area is 235 Å². The number of rotatable bonds is 6. The standard InChI is InChI=1S/C32H31F2N3O4/c1-19-28-26(36(2)35-19)18-40-16-6-5-15-37-30-23(11-12-25(34)29(28)30)22(31(37)32(38)39)10-7-17-41-27-14-13-24(33)20-8-3-4-9-21(20)27/h3-4,8-9,11-14H,5-7,10,15-18H2,1-2H3,(H,38,39). The maximum atomic E-state index is 15.8. The van der Waals surface area contributed by atoms with Crippen molar-refractivity contribution in [3.63, 3.8) is 0 Å². The Morgan fingerprint density at radius 1 is 1.02 bits per heavy atom. The second kappa shape index (κ2) is 11.0. The highest BCUT2D eigenvalue weighted by atomic mass is 19.1. The molecule has 1 N–H and O–H groups in total. The van der Waals surface area contributed by atoms with Gasteiger partial charge >= 0.3 is 5.97 Å². The monoisotopic (exact) mass is 559 g/mol. The van der Waals surface area contributed by atoms with Gasteiger partial charge in [-0.25, -0.2) is 13.6 Å². The zero-order valence-corrected chi connectivity index (χ0v) is 23.0. The summed E-state index contributed by atoms with van der Waals surface area (Å²) in [4.78, 5) is 12.7. The van der Waals surface area contributed by atoms with Gasteiger partial charge in [0.05, 0.1) is 30.1 Å². The van der Waals surface area contributed by atoms with Crippen LogP contribution in [0.1, 0.15) is 46.7 Å². The van der Waals surface area contributed by atoms with Gasteiger partial charge < -0.3 is 19.1 Å². The third kappa shape index (κ3) is 4.74. The quantitative estimate of drug-likeness (QED) is 0.232. The predicted molar refractivity (Wildman–Crippen MR) is 152 cm³/mol. The summed E-state index contributed by atoms with van der Waals surface area (Å²) in [5, 5.41) is 16.8. The first-order valence-corrected chi connectivity index (χ1v) is 13.8. The SMILES string of the molecule is Cc1nn(C)c2c1-c1c(F)ccc3c(CCCOc4ccc(F)c5ccccc45)c(C(=O)O)n(c13)CCCCOC2. The Bertz CT molecular complexity index is 1790. The van der Waals surface area contributed by atoms with Gasteiger partial charge in [-0.05, 0) is 62.4 Å². The minimum atomic E-state index is -1.05. The van der Waals surface area contributed by atoms with E-state index in [0.717, 1.165) is 12.1 Å². The Kier molecular flexibility index (Phi) is 7.21. The largest absolute Gasteiger partial charge is 0.493 e. The third-order valence-electron chi connectivity index (χ3n) is 7.89. The Balaban J connectivity index is 1.41. The van der Waals surface area contributed by atoms with Crippen LogP contribution >= 0.6 is 0 Å². The number of carboxylic acid groups (broad SMARTS) is 1. The molecule has 1 aliphatic rings. The molecule has 1 aliphatic heterocycles. The summed E-state index contributed by atoms with van der Waals surface area (Å²) in [6.07, 6.45) is 2.36. The van der Waals surface area contributed by atoms with E-state index in [1.165, 1.54) is 12.1 Å². The van der Waals surface area contributed by atoms with Gasteiger partial charge in [-0.1, -0.05) is 24.3 Å². The molecule has 0 spiro atoms. The highest BCUT2D eigenvalue weighted by Gasteiger charge is 2.29. The summed E-state index contributed by atoms with van der Waals surface area (Å²) in [5.41, 5.74) is 3.80. The lowest BCUT2D eigenvalue weighted by Crippen LogP contribution is -2.12. The van der Waals surface area contributed by atoms with Crippen molar-refractivity contribution < 1.29 is 28.2 Å². The molecule has 3 aromatic carbocycles. The van der Waals surface area contributed by atoms with Crippen molar-refractivity contribution in [3.8, 4) is 16.9 Å². The lowest BCUT2D eigenvalue weighted by Gasteiger charge is -2.13. The Hall–Kier alpha value is -4.24. The van der Waals surface area contributed by atoms with Crippen molar-refractivity contribution >= 4 is 27.6 Å². The van der Waals surface area contributed by atoms with Crippen molar-refractivity contribution in [2.24, 2.45) is 7.05 Å². The zero-order chi connectivity index (χ0) is 28.7. The predicted octanol–water partition coefficient (Wildman–Crippen LogP) is 6.80. The maximum Gasteiger partial charge on any atom is 0.352 e. The minimum Gasteiger partial charge on any atom is -0.493 e. The van der Waals surface area contributed by atoms with Crippen LogP contribution in [0.25, 0.3) is 32.8 Å². The molecule has 0 aliphatic carbocycles. The van der Waals surface area contributed by atoms with Crippen LogP contribution in [0.4, 0.5) is 8.78 Å². The fourth-order valence-corrected chi connectivity index (χ4v) is 6.08. The highest BCUT2D eigenvalue weighted by molar-refractivity contribution is 6.04. The van der Waals surface area contributed by atoms with Crippen molar-refractivity contribution in [1.82, 2.24) is 14.3 Å². The molecular formula is C32H31F2N3O4. The van der Waals surface area contributed by atoms with Gasteiger partial charge in [0.25, 0.3) is 0 Å². The number of ether oxygens (including phenoxy) is 2. The topological polar surface area (TPSA) is 78.5 Å². The van der Waals surface area contributed by atoms with Crippen LogP contribution in [0.15, 0.2) is 48.5 Å². The molecule has 212 valence electrons. The number of aromatic nitrogens is 3. The smallest absolute Gasteiger partial charge is 0.352 e. The average Bonchev–Trinajstić information content (AvgIpc) is 3.40. The zero-order valence-electron chi connectivity index (χ0n) is 23.0. The van der Waals surface area contributed by atoms with E-state index in [9.17, 15) is 14.3 Å². The minimum absolute atomic E-state index is 0.169. The Morgan fingerprint density at radius 3 is 2.61 bits per heavy atom. The number of hydrogen-bond donors (Lipinski definition) is 1. The maximum absolute atomic E-state index is 15.8. The molecule has 2 aromatic heterocycles. The third-order valence-corrected chi connectivity index (χ3v) is 7.89. The van der Waals surface area contributed by atoms with E-state index in [0.29, 0.717) is 88.8 Å². The molecule has 5 aromatic rings. The Morgan fingerprint density at radius 2 is 1.80 bits per heavy atom. The van der Waals surface area contributed by atoms with E-state index in [4.69, 9.17) is 9.47 Å². The van der Waals surface area contributed by atoms with Crippen LogP contribution in [0, 0.1) is 18.6 Å². The van der Waals surface area contributed by atoms with Gasteiger partial charge in [-0.2, -0.15) is 5.10 Å². The van der Waals surface area contributed by atoms with Crippen molar-refractivity contribution in [3.05, 3.63) is 82.8 Å². The molecule has 9 heteroatoms. The van der Waals surface area contributed by atoms with Crippen molar-refractivity contribution in [2.45, 2.75) is 45.8 Å². The van der Waals surface area contributed by atoms with Crippen LogP contribution in [-0.4, -0.2) is 38.6 Å². The molecule has 0 bridgehead atoms. The normalized spacial score (nSPS) is 13.8. The molecule has 0 radical (unpaired) electrons. The van der Waals surface area contributed by atoms with Crippen LogP contribution < -0.4 is 4.74 Å². The van der Waals surface area contributed by atoms with Crippen molar-refractivity contribution in [1.29, 1.82) is 0 Å². The molecule has 7 nitrogen and oxygen atoms in total. The van der Waals surface area contributed by atoms with Gasteiger partial charge in [-0.3, -0.25) is 4.68 Å². The molecule has 41 heavy (non-hydrogen) atoms. The molecule has 6 rings (SSSR count). The summed E-state index contributed by atoms with van der Waals surface area (Å²) >= 11 is 0. The fraction of sp³-hybridized carbons (Fsp3) is 0.312. The van der Waals surface area contributed by atoms with Gasteiger partial charge in [0.15, 0.2) is 0 Å².